The standard InChI is InChI=1S/C12H15N5O3S/c1-2-20-11(19)8-6-16-12(17-10(8)14)21-7-9(18)15-5-3-4-13/h6H,2-3,5,7H2,1H3,(H,15,18)(H2,14,16,17). The molecule has 1 aromatic heterocycles. The van der Waals surface area contributed by atoms with Gasteiger partial charge in [-0.1, -0.05) is 11.8 Å². The van der Waals surface area contributed by atoms with E-state index in [2.05, 4.69) is 15.3 Å². The Hall–Kier alpha value is -2.34. The van der Waals surface area contributed by atoms with Crippen LogP contribution >= 0.6 is 11.8 Å². The maximum absolute atomic E-state index is 11.5. The number of hydrogen-bond acceptors (Lipinski definition) is 8. The average molecular weight is 309 g/mol. The van der Waals surface area contributed by atoms with Crippen LogP contribution in [-0.4, -0.2) is 40.7 Å². The van der Waals surface area contributed by atoms with Crippen LogP contribution in [-0.2, 0) is 9.53 Å². The molecule has 8 nitrogen and oxygen atoms in total. The maximum Gasteiger partial charge on any atom is 0.343 e. The fraction of sp³-hybridized carbons (Fsp3) is 0.417. The average Bonchev–Trinajstić information content (AvgIpc) is 2.45. The molecular formula is C12H15N5O3S. The number of thioether (sulfide) groups is 1. The van der Waals surface area contributed by atoms with E-state index in [0.717, 1.165) is 11.8 Å². The van der Waals surface area contributed by atoms with Gasteiger partial charge in [0.1, 0.15) is 11.4 Å². The zero-order valence-electron chi connectivity index (χ0n) is 11.5. The molecule has 0 saturated heterocycles. The number of carbonyl (C=O) groups excluding carboxylic acids is 2. The highest BCUT2D eigenvalue weighted by Gasteiger charge is 2.14. The number of rotatable bonds is 7. The third kappa shape index (κ3) is 5.66. The van der Waals surface area contributed by atoms with Crippen LogP contribution in [0.2, 0.25) is 0 Å². The number of nitriles is 1. The van der Waals surface area contributed by atoms with Crippen LogP contribution in [0.25, 0.3) is 0 Å². The molecular weight excluding hydrogens is 294 g/mol. The normalized spacial score (nSPS) is 9.71. The molecule has 112 valence electrons. The fourth-order valence-electron chi connectivity index (χ4n) is 1.25. The minimum Gasteiger partial charge on any atom is -0.462 e. The van der Waals surface area contributed by atoms with E-state index in [1.54, 1.807) is 6.92 Å². The first kappa shape index (κ1) is 16.7. The Balaban J connectivity index is 2.54. The Morgan fingerprint density at radius 1 is 1.57 bits per heavy atom. The molecule has 1 amide bonds. The van der Waals surface area contributed by atoms with Gasteiger partial charge < -0.3 is 15.8 Å². The SMILES string of the molecule is CCOC(=O)c1cnc(SCC(=O)NCCC#N)nc1N. The lowest BCUT2D eigenvalue weighted by molar-refractivity contribution is -0.118. The summed E-state index contributed by atoms with van der Waals surface area (Å²) >= 11 is 1.09. The molecule has 0 spiro atoms. The van der Waals surface area contributed by atoms with Gasteiger partial charge in [-0.25, -0.2) is 14.8 Å². The van der Waals surface area contributed by atoms with Crippen LogP contribution in [0.5, 0.6) is 0 Å². The largest absolute Gasteiger partial charge is 0.462 e. The van der Waals surface area contributed by atoms with Crippen molar-refractivity contribution < 1.29 is 14.3 Å². The maximum atomic E-state index is 11.5. The topological polar surface area (TPSA) is 131 Å². The van der Waals surface area contributed by atoms with E-state index in [1.165, 1.54) is 6.20 Å². The zero-order valence-corrected chi connectivity index (χ0v) is 12.3. The highest BCUT2D eigenvalue weighted by atomic mass is 32.2. The van der Waals surface area contributed by atoms with E-state index in [4.69, 9.17) is 15.7 Å². The van der Waals surface area contributed by atoms with Crippen molar-refractivity contribution in [1.82, 2.24) is 15.3 Å². The van der Waals surface area contributed by atoms with Crippen molar-refractivity contribution in [2.24, 2.45) is 0 Å². The van der Waals surface area contributed by atoms with Crippen LogP contribution in [0, 0.1) is 11.3 Å². The van der Waals surface area contributed by atoms with Crippen molar-refractivity contribution in [3.63, 3.8) is 0 Å². The minimum atomic E-state index is -0.583. The number of nitrogen functional groups attached to an aromatic ring is 1. The highest BCUT2D eigenvalue weighted by Crippen LogP contribution is 2.16. The number of esters is 1. The molecule has 0 saturated carbocycles. The van der Waals surface area contributed by atoms with Crippen molar-refractivity contribution in [3.8, 4) is 6.07 Å². The summed E-state index contributed by atoms with van der Waals surface area (Å²) in [7, 11) is 0. The van der Waals surface area contributed by atoms with Crippen molar-refractivity contribution in [3.05, 3.63) is 11.8 Å². The molecule has 3 N–H and O–H groups in total. The van der Waals surface area contributed by atoms with E-state index >= 15 is 0 Å². The second-order valence-corrected chi connectivity index (χ2v) is 4.66. The lowest BCUT2D eigenvalue weighted by Gasteiger charge is -2.06. The predicted octanol–water partition coefficient (Wildman–Crippen LogP) is 0.357. The van der Waals surface area contributed by atoms with Crippen LogP contribution in [0.15, 0.2) is 11.4 Å². The van der Waals surface area contributed by atoms with Crippen LogP contribution in [0.1, 0.15) is 23.7 Å². The van der Waals surface area contributed by atoms with Gasteiger partial charge in [0.15, 0.2) is 5.16 Å². The summed E-state index contributed by atoms with van der Waals surface area (Å²) in [5.41, 5.74) is 5.75. The van der Waals surface area contributed by atoms with Gasteiger partial charge >= 0.3 is 5.97 Å². The Bertz CT molecular complexity index is 558. The summed E-state index contributed by atoms with van der Waals surface area (Å²) in [6, 6.07) is 1.92. The lowest BCUT2D eigenvalue weighted by Crippen LogP contribution is -2.26. The van der Waals surface area contributed by atoms with Gasteiger partial charge in [0.25, 0.3) is 0 Å². The zero-order chi connectivity index (χ0) is 15.7. The molecule has 0 radical (unpaired) electrons. The summed E-state index contributed by atoms with van der Waals surface area (Å²) in [6.45, 7) is 2.22. The molecule has 0 atom stereocenters. The third-order valence-electron chi connectivity index (χ3n) is 2.18. The van der Waals surface area contributed by atoms with Crippen LogP contribution < -0.4 is 11.1 Å². The van der Waals surface area contributed by atoms with E-state index in [1.807, 2.05) is 6.07 Å². The van der Waals surface area contributed by atoms with Crippen molar-refractivity contribution >= 4 is 29.5 Å². The minimum absolute atomic E-state index is 0.0100. The Labute approximate surface area is 126 Å². The molecule has 1 heterocycles. The summed E-state index contributed by atoms with van der Waals surface area (Å²) in [5.74, 6) is -0.701. The fourth-order valence-corrected chi connectivity index (χ4v) is 1.91. The summed E-state index contributed by atoms with van der Waals surface area (Å²) in [4.78, 5) is 30.8. The second kappa shape index (κ2) is 8.76. The molecule has 21 heavy (non-hydrogen) atoms. The number of nitrogens with zero attached hydrogens (tertiary/aromatic N) is 3. The second-order valence-electron chi connectivity index (χ2n) is 3.72. The number of nitrogens with one attached hydrogen (secondary N) is 1. The predicted molar refractivity (Wildman–Crippen MR) is 76.4 cm³/mol. The van der Waals surface area contributed by atoms with Gasteiger partial charge in [-0.2, -0.15) is 5.26 Å². The quantitative estimate of drug-likeness (QED) is 0.319. The Morgan fingerprint density at radius 3 is 2.95 bits per heavy atom. The Kier molecular flexibility index (Phi) is 6.97. The van der Waals surface area contributed by atoms with Crippen LogP contribution in [0.4, 0.5) is 5.82 Å². The molecule has 0 aromatic carbocycles. The van der Waals surface area contributed by atoms with Gasteiger partial charge in [0, 0.05) is 12.7 Å². The molecule has 0 bridgehead atoms. The van der Waals surface area contributed by atoms with Crippen molar-refractivity contribution in [1.29, 1.82) is 5.26 Å². The molecule has 1 rings (SSSR count). The number of anilines is 1. The monoisotopic (exact) mass is 309 g/mol. The first-order valence-electron chi connectivity index (χ1n) is 6.14. The smallest absolute Gasteiger partial charge is 0.343 e. The molecule has 0 aliphatic rings. The number of hydrogen-bond donors (Lipinski definition) is 2. The molecule has 9 heteroatoms. The van der Waals surface area contributed by atoms with E-state index in [-0.39, 0.29) is 41.2 Å². The van der Waals surface area contributed by atoms with E-state index in [9.17, 15) is 9.59 Å². The third-order valence-corrected chi connectivity index (χ3v) is 3.04. The molecule has 0 aliphatic heterocycles. The first-order valence-corrected chi connectivity index (χ1v) is 7.13. The lowest BCUT2D eigenvalue weighted by atomic mass is 10.3. The van der Waals surface area contributed by atoms with E-state index < -0.39 is 5.97 Å². The summed E-state index contributed by atoms with van der Waals surface area (Å²) in [6.07, 6.45) is 1.53. The number of amides is 1. The van der Waals surface area contributed by atoms with Gasteiger partial charge in [0.2, 0.25) is 5.91 Å². The van der Waals surface area contributed by atoms with Gasteiger partial charge in [-0.15, -0.1) is 0 Å². The van der Waals surface area contributed by atoms with Crippen molar-refractivity contribution in [2.45, 2.75) is 18.5 Å². The summed E-state index contributed by atoms with van der Waals surface area (Å²) < 4.78 is 4.81. The summed E-state index contributed by atoms with van der Waals surface area (Å²) in [5, 5.41) is 11.2. The number of carbonyl (C=O) groups is 2. The molecule has 0 fully saturated rings. The van der Waals surface area contributed by atoms with Gasteiger partial charge in [-0.05, 0) is 6.92 Å². The molecule has 0 unspecified atom stereocenters. The Morgan fingerprint density at radius 2 is 2.33 bits per heavy atom. The van der Waals surface area contributed by atoms with Crippen LogP contribution in [0.3, 0.4) is 0 Å². The first-order chi connectivity index (χ1) is 10.1. The molecule has 1 aromatic rings. The van der Waals surface area contributed by atoms with Gasteiger partial charge in [0.05, 0.1) is 24.8 Å². The highest BCUT2D eigenvalue weighted by molar-refractivity contribution is 7.99. The molecule has 0 aliphatic carbocycles. The number of aromatic nitrogens is 2. The van der Waals surface area contributed by atoms with E-state index in [0.29, 0.717) is 6.54 Å². The van der Waals surface area contributed by atoms with Gasteiger partial charge in [-0.3, -0.25) is 4.79 Å². The van der Waals surface area contributed by atoms with Crippen molar-refractivity contribution in [2.75, 3.05) is 24.6 Å². The number of ether oxygens (including phenoxy) is 1. The number of nitrogens with two attached hydrogens (primary N) is 1.